The molecular weight excluding hydrogens is 298 g/mol. The zero-order valence-electron chi connectivity index (χ0n) is 14.0. The molecule has 0 bridgehead atoms. The third-order valence-electron chi connectivity index (χ3n) is 2.39. The molecule has 128 valence electrons. The number of ether oxygens (including phenoxy) is 1. The first-order chi connectivity index (χ1) is 10.9. The first kappa shape index (κ1) is 22.8. The lowest BCUT2D eigenvalue weighted by molar-refractivity contribution is -0.138. The quantitative estimate of drug-likeness (QED) is 0.425. The number of carbonyl (C=O) groups excluding carboxylic acids is 4. The van der Waals surface area contributed by atoms with E-state index in [2.05, 4.69) is 17.9 Å². The molecule has 0 radical (unpaired) electrons. The molecule has 6 nitrogen and oxygen atoms in total. The zero-order valence-corrected chi connectivity index (χ0v) is 14.0. The molecule has 0 aliphatic carbocycles. The summed E-state index contributed by atoms with van der Waals surface area (Å²) in [5.41, 5.74) is 0. The predicted molar refractivity (Wildman–Crippen MR) is 88.5 cm³/mol. The molecular formula is C17H25NO5. The Balaban J connectivity index is 0. The molecule has 23 heavy (non-hydrogen) atoms. The molecule has 1 heterocycles. The number of esters is 1. The summed E-state index contributed by atoms with van der Waals surface area (Å²) in [7, 11) is 0. The summed E-state index contributed by atoms with van der Waals surface area (Å²) in [5, 5.41) is 0. The molecule has 0 saturated heterocycles. The minimum absolute atomic E-state index is 0.141. The van der Waals surface area contributed by atoms with Crippen LogP contribution in [0.3, 0.4) is 0 Å². The molecule has 0 fully saturated rings. The van der Waals surface area contributed by atoms with Gasteiger partial charge in [0.2, 0.25) is 0 Å². The Morgan fingerprint density at radius 1 is 1.09 bits per heavy atom. The standard InChI is InChI=1S/C6H7NO2.C6H10O.C5H8O2/c1-2-7-5(8)3-4-6(7)9;1-3-5-6(7)4-2;1-3-5(6)7-4-2/h3-4H,2H2,1H3;4H,2-3,5H2,1H3;3H,1,4H2,2H3. The second kappa shape index (κ2) is 14.4. The predicted octanol–water partition coefficient (Wildman–Crippen LogP) is 2.21. The fourth-order valence-electron chi connectivity index (χ4n) is 1.29. The fraction of sp³-hybridized carbons (Fsp3) is 0.412. The summed E-state index contributed by atoms with van der Waals surface area (Å²) in [6.07, 6.45) is 6.64. The number of allylic oxidation sites excluding steroid dienone is 1. The van der Waals surface area contributed by atoms with E-state index in [1.807, 2.05) is 6.92 Å². The van der Waals surface area contributed by atoms with Gasteiger partial charge in [-0.2, -0.15) is 0 Å². The Bertz CT molecular complexity index is 426. The van der Waals surface area contributed by atoms with Gasteiger partial charge in [-0.1, -0.05) is 20.1 Å². The van der Waals surface area contributed by atoms with Crippen molar-refractivity contribution in [2.24, 2.45) is 0 Å². The number of hydrogen-bond acceptors (Lipinski definition) is 5. The van der Waals surface area contributed by atoms with Gasteiger partial charge in [-0.15, -0.1) is 0 Å². The highest BCUT2D eigenvalue weighted by Gasteiger charge is 2.20. The average molecular weight is 323 g/mol. The highest BCUT2D eigenvalue weighted by molar-refractivity contribution is 6.12. The van der Waals surface area contributed by atoms with Gasteiger partial charge in [0, 0.05) is 31.2 Å². The molecule has 1 aliphatic heterocycles. The van der Waals surface area contributed by atoms with Gasteiger partial charge in [0.1, 0.15) is 0 Å². The van der Waals surface area contributed by atoms with Crippen molar-refractivity contribution < 1.29 is 23.9 Å². The van der Waals surface area contributed by atoms with Crippen LogP contribution in [0.2, 0.25) is 0 Å². The van der Waals surface area contributed by atoms with Crippen LogP contribution in [0, 0.1) is 0 Å². The molecule has 0 saturated carbocycles. The minimum Gasteiger partial charge on any atom is -0.463 e. The molecule has 0 unspecified atom stereocenters. The van der Waals surface area contributed by atoms with Crippen LogP contribution < -0.4 is 0 Å². The van der Waals surface area contributed by atoms with Crippen LogP contribution in [0.4, 0.5) is 0 Å². The van der Waals surface area contributed by atoms with E-state index in [1.165, 1.54) is 23.1 Å². The third kappa shape index (κ3) is 11.8. The van der Waals surface area contributed by atoms with Gasteiger partial charge in [-0.25, -0.2) is 4.79 Å². The van der Waals surface area contributed by atoms with Gasteiger partial charge >= 0.3 is 5.97 Å². The maximum atomic E-state index is 10.6. The van der Waals surface area contributed by atoms with E-state index in [4.69, 9.17) is 0 Å². The number of carbonyl (C=O) groups is 4. The van der Waals surface area contributed by atoms with Crippen LogP contribution in [0.1, 0.15) is 33.6 Å². The smallest absolute Gasteiger partial charge is 0.330 e. The summed E-state index contributed by atoms with van der Waals surface area (Å²) in [5.74, 6) is -0.630. The van der Waals surface area contributed by atoms with E-state index in [0.717, 1.165) is 12.5 Å². The number of ketones is 1. The van der Waals surface area contributed by atoms with Crippen LogP contribution in [0.15, 0.2) is 37.5 Å². The third-order valence-corrected chi connectivity index (χ3v) is 2.39. The number of nitrogens with zero attached hydrogens (tertiary/aromatic N) is 1. The molecule has 0 aromatic heterocycles. The molecule has 0 aromatic rings. The van der Waals surface area contributed by atoms with Crippen LogP contribution in [0.5, 0.6) is 0 Å². The van der Waals surface area contributed by atoms with Crippen molar-refractivity contribution in [2.75, 3.05) is 13.2 Å². The zero-order chi connectivity index (χ0) is 18.3. The second-order valence-electron chi connectivity index (χ2n) is 4.13. The summed E-state index contributed by atoms with van der Waals surface area (Å²) >= 11 is 0. The van der Waals surface area contributed by atoms with E-state index < -0.39 is 0 Å². The van der Waals surface area contributed by atoms with E-state index in [9.17, 15) is 19.2 Å². The van der Waals surface area contributed by atoms with Crippen LogP contribution in [0.25, 0.3) is 0 Å². The summed E-state index contributed by atoms with van der Waals surface area (Å²) in [4.78, 5) is 42.8. The number of imide groups is 1. The molecule has 0 aromatic carbocycles. The van der Waals surface area contributed by atoms with Crippen LogP contribution in [-0.4, -0.2) is 41.6 Å². The maximum absolute atomic E-state index is 10.6. The molecule has 1 rings (SSSR count). The summed E-state index contributed by atoms with van der Waals surface area (Å²) in [6.45, 7) is 12.9. The molecule has 6 heteroatoms. The highest BCUT2D eigenvalue weighted by atomic mass is 16.5. The number of hydrogen-bond donors (Lipinski definition) is 0. The molecule has 0 atom stereocenters. The van der Waals surface area contributed by atoms with E-state index in [-0.39, 0.29) is 23.6 Å². The SMILES string of the molecule is C=CC(=O)CCC.C=CC(=O)OCC.CCN1C(=O)C=CC1=O. The van der Waals surface area contributed by atoms with E-state index in [1.54, 1.807) is 13.8 Å². The average Bonchev–Trinajstić information content (AvgIpc) is 2.87. The lowest BCUT2D eigenvalue weighted by atomic mass is 10.2. The van der Waals surface area contributed by atoms with Crippen molar-refractivity contribution in [3.63, 3.8) is 0 Å². The number of rotatable bonds is 6. The lowest BCUT2D eigenvalue weighted by Gasteiger charge is -2.08. The normalized spacial score (nSPS) is 11.7. The summed E-state index contributed by atoms with van der Waals surface area (Å²) < 4.78 is 4.43. The van der Waals surface area contributed by atoms with Gasteiger partial charge in [0.05, 0.1) is 6.61 Å². The van der Waals surface area contributed by atoms with Crippen molar-refractivity contribution >= 4 is 23.6 Å². The Morgan fingerprint density at radius 2 is 1.61 bits per heavy atom. The van der Waals surface area contributed by atoms with Crippen molar-refractivity contribution in [3.05, 3.63) is 37.5 Å². The Hall–Kier alpha value is -2.50. The highest BCUT2D eigenvalue weighted by Crippen LogP contribution is 2.00. The second-order valence-corrected chi connectivity index (χ2v) is 4.13. The van der Waals surface area contributed by atoms with Gasteiger partial charge in [-0.3, -0.25) is 19.3 Å². The van der Waals surface area contributed by atoms with Gasteiger partial charge < -0.3 is 4.74 Å². The van der Waals surface area contributed by atoms with Crippen molar-refractivity contribution in [2.45, 2.75) is 33.6 Å². The van der Waals surface area contributed by atoms with Crippen molar-refractivity contribution in [1.29, 1.82) is 0 Å². The monoisotopic (exact) mass is 323 g/mol. The van der Waals surface area contributed by atoms with Gasteiger partial charge in [0.15, 0.2) is 5.78 Å². The first-order valence-electron chi connectivity index (χ1n) is 7.35. The lowest BCUT2D eigenvalue weighted by Crippen LogP contribution is -2.29. The Labute approximate surface area is 137 Å². The van der Waals surface area contributed by atoms with Crippen molar-refractivity contribution in [3.8, 4) is 0 Å². The molecule has 2 amide bonds. The van der Waals surface area contributed by atoms with Crippen molar-refractivity contribution in [1.82, 2.24) is 4.90 Å². The Kier molecular flexibility index (Phi) is 14.3. The minimum atomic E-state index is -0.359. The summed E-state index contributed by atoms with van der Waals surface area (Å²) in [6, 6.07) is 0. The Morgan fingerprint density at radius 3 is 1.78 bits per heavy atom. The number of likely N-dealkylation sites (N-methyl/N-ethyl adjacent to an activating group) is 1. The first-order valence-corrected chi connectivity index (χ1v) is 7.35. The topological polar surface area (TPSA) is 80.8 Å². The van der Waals surface area contributed by atoms with Gasteiger partial charge in [0.25, 0.3) is 11.8 Å². The maximum Gasteiger partial charge on any atom is 0.330 e. The van der Waals surface area contributed by atoms with E-state index >= 15 is 0 Å². The number of amides is 2. The fourth-order valence-corrected chi connectivity index (χ4v) is 1.29. The molecule has 0 N–H and O–H groups in total. The van der Waals surface area contributed by atoms with E-state index in [0.29, 0.717) is 19.6 Å². The van der Waals surface area contributed by atoms with Gasteiger partial charge in [-0.05, 0) is 26.3 Å². The molecule has 0 spiro atoms. The molecule has 1 aliphatic rings. The largest absolute Gasteiger partial charge is 0.463 e. The van der Waals surface area contributed by atoms with Crippen LogP contribution in [-0.2, 0) is 23.9 Å². The van der Waals surface area contributed by atoms with Crippen LogP contribution >= 0.6 is 0 Å².